The maximum atomic E-state index is 6.01. The third-order valence-corrected chi connectivity index (χ3v) is 4.34. The fraction of sp³-hybridized carbons (Fsp3) is 0.786. The molecular weight excluding hydrogens is 256 g/mol. The molecule has 0 aliphatic rings. The molecule has 0 aliphatic heterocycles. The minimum absolute atomic E-state index is 0.255. The number of hydrogen-bond donors (Lipinski definition) is 1. The molecule has 4 nitrogen and oxygen atoms in total. The summed E-state index contributed by atoms with van der Waals surface area (Å²) in [5.41, 5.74) is 7.25. The molecule has 5 heteroatoms. The van der Waals surface area contributed by atoms with Crippen molar-refractivity contribution in [3.63, 3.8) is 0 Å². The second kappa shape index (κ2) is 8.61. The van der Waals surface area contributed by atoms with Gasteiger partial charge in [0, 0.05) is 25.3 Å². The molecule has 2 unspecified atom stereocenters. The Labute approximate surface area is 121 Å². The molecule has 0 fully saturated rings. The van der Waals surface area contributed by atoms with E-state index in [0.29, 0.717) is 12.6 Å². The molecule has 1 heterocycles. The molecule has 0 bridgehead atoms. The Kier molecular flexibility index (Phi) is 7.49. The van der Waals surface area contributed by atoms with Crippen molar-refractivity contribution in [1.82, 2.24) is 14.5 Å². The van der Waals surface area contributed by atoms with Gasteiger partial charge in [-0.1, -0.05) is 6.92 Å². The fourth-order valence-electron chi connectivity index (χ4n) is 2.33. The zero-order valence-corrected chi connectivity index (χ0v) is 13.5. The Hall–Kier alpha value is -0.520. The number of thioether (sulfide) groups is 1. The number of likely N-dealkylation sites (N-methyl/N-ethyl adjacent to an activating group) is 1. The van der Waals surface area contributed by atoms with Gasteiger partial charge in [0.2, 0.25) is 0 Å². The van der Waals surface area contributed by atoms with Crippen LogP contribution in [0.15, 0.2) is 12.5 Å². The zero-order valence-electron chi connectivity index (χ0n) is 12.7. The third-order valence-electron chi connectivity index (χ3n) is 3.70. The zero-order chi connectivity index (χ0) is 14.3. The molecule has 0 aromatic carbocycles. The minimum Gasteiger partial charge on any atom is -0.333 e. The van der Waals surface area contributed by atoms with Gasteiger partial charge in [-0.2, -0.15) is 11.8 Å². The van der Waals surface area contributed by atoms with Crippen LogP contribution in [-0.2, 0) is 6.54 Å². The van der Waals surface area contributed by atoms with Crippen LogP contribution in [0.1, 0.15) is 38.4 Å². The van der Waals surface area contributed by atoms with Crippen molar-refractivity contribution in [3.05, 3.63) is 18.2 Å². The van der Waals surface area contributed by atoms with Crippen molar-refractivity contribution in [2.24, 2.45) is 5.73 Å². The van der Waals surface area contributed by atoms with Crippen molar-refractivity contribution in [1.29, 1.82) is 0 Å². The Bertz CT molecular complexity index is 353. The second-order valence-electron chi connectivity index (χ2n) is 5.06. The normalized spacial score (nSPS) is 14.8. The molecule has 1 aromatic heterocycles. The van der Waals surface area contributed by atoms with E-state index in [4.69, 9.17) is 5.73 Å². The molecule has 0 aliphatic carbocycles. The van der Waals surface area contributed by atoms with Crippen LogP contribution >= 0.6 is 11.8 Å². The molecule has 19 heavy (non-hydrogen) atoms. The van der Waals surface area contributed by atoms with E-state index in [1.807, 2.05) is 24.3 Å². The van der Waals surface area contributed by atoms with Gasteiger partial charge in [-0.05, 0) is 38.8 Å². The van der Waals surface area contributed by atoms with Crippen LogP contribution in [0.3, 0.4) is 0 Å². The molecule has 0 radical (unpaired) electrons. The second-order valence-corrected chi connectivity index (χ2v) is 6.04. The highest BCUT2D eigenvalue weighted by molar-refractivity contribution is 7.98. The average Bonchev–Trinajstić information content (AvgIpc) is 2.85. The number of nitrogens with zero attached hydrogens (tertiary/aromatic N) is 3. The van der Waals surface area contributed by atoms with Gasteiger partial charge < -0.3 is 10.3 Å². The molecule has 0 saturated carbocycles. The topological polar surface area (TPSA) is 47.1 Å². The Balaban J connectivity index is 2.77. The Morgan fingerprint density at radius 3 is 2.84 bits per heavy atom. The lowest BCUT2D eigenvalue weighted by Crippen LogP contribution is -2.38. The van der Waals surface area contributed by atoms with Gasteiger partial charge in [0.15, 0.2) is 0 Å². The van der Waals surface area contributed by atoms with E-state index in [0.717, 1.165) is 13.0 Å². The molecule has 0 amide bonds. The van der Waals surface area contributed by atoms with Crippen LogP contribution in [-0.4, -0.2) is 46.1 Å². The van der Waals surface area contributed by atoms with Crippen LogP contribution in [0.5, 0.6) is 0 Å². The summed E-state index contributed by atoms with van der Waals surface area (Å²) in [6.07, 6.45) is 8.35. The van der Waals surface area contributed by atoms with Gasteiger partial charge in [-0.15, -0.1) is 0 Å². The summed E-state index contributed by atoms with van der Waals surface area (Å²) in [4.78, 5) is 6.68. The first-order valence-corrected chi connectivity index (χ1v) is 8.46. The summed E-state index contributed by atoms with van der Waals surface area (Å²) < 4.78 is 2.23. The molecule has 1 aromatic rings. The molecule has 0 saturated heterocycles. The number of nitrogens with two attached hydrogens (primary N) is 1. The predicted molar refractivity (Wildman–Crippen MR) is 84.5 cm³/mol. The largest absolute Gasteiger partial charge is 0.333 e. The number of rotatable bonds is 9. The smallest absolute Gasteiger partial charge is 0.0948 e. The van der Waals surface area contributed by atoms with Gasteiger partial charge in [0.05, 0.1) is 18.1 Å². The van der Waals surface area contributed by atoms with Crippen LogP contribution in [0.4, 0.5) is 0 Å². The first-order valence-electron chi connectivity index (χ1n) is 7.06. The van der Waals surface area contributed by atoms with E-state index in [2.05, 4.69) is 41.6 Å². The maximum Gasteiger partial charge on any atom is 0.0948 e. The number of aryl methyl sites for hydroxylation is 1. The van der Waals surface area contributed by atoms with Gasteiger partial charge in [0.1, 0.15) is 0 Å². The average molecular weight is 284 g/mol. The lowest BCUT2D eigenvalue weighted by molar-refractivity contribution is 0.178. The highest BCUT2D eigenvalue weighted by atomic mass is 32.2. The number of imidazole rings is 1. The summed E-state index contributed by atoms with van der Waals surface area (Å²) in [5, 5.41) is 0. The van der Waals surface area contributed by atoms with E-state index >= 15 is 0 Å². The van der Waals surface area contributed by atoms with Crippen molar-refractivity contribution >= 4 is 11.8 Å². The lowest BCUT2D eigenvalue weighted by atomic mass is 10.1. The first-order chi connectivity index (χ1) is 9.15. The van der Waals surface area contributed by atoms with Gasteiger partial charge >= 0.3 is 0 Å². The summed E-state index contributed by atoms with van der Waals surface area (Å²) in [6.45, 7) is 6.11. The molecule has 2 N–H and O–H groups in total. The molecule has 0 spiro atoms. The standard InChI is InChI=1S/C14H28N4S/c1-5-7-18-11-16-10-14(18)13(9-15)17(3)12(2)6-8-19-4/h10-13H,5-9,15H2,1-4H3. The van der Waals surface area contributed by atoms with Crippen molar-refractivity contribution in [3.8, 4) is 0 Å². The number of aromatic nitrogens is 2. The minimum atomic E-state index is 0.255. The maximum absolute atomic E-state index is 6.01. The van der Waals surface area contributed by atoms with Crippen LogP contribution < -0.4 is 5.73 Å². The monoisotopic (exact) mass is 284 g/mol. The highest BCUT2D eigenvalue weighted by Gasteiger charge is 2.22. The molecule has 1 rings (SSSR count). The number of hydrogen-bond acceptors (Lipinski definition) is 4. The summed E-state index contributed by atoms with van der Waals surface area (Å²) in [5.74, 6) is 1.19. The van der Waals surface area contributed by atoms with Gasteiger partial charge in [-0.25, -0.2) is 4.98 Å². The predicted octanol–water partition coefficient (Wildman–Crippen LogP) is 2.37. The first kappa shape index (κ1) is 16.5. The van der Waals surface area contributed by atoms with Gasteiger partial charge in [-0.3, -0.25) is 4.90 Å². The molecule has 110 valence electrons. The summed E-state index contributed by atoms with van der Waals surface area (Å²) in [7, 11) is 2.17. The molecule has 2 atom stereocenters. The SMILES string of the molecule is CCCn1cncc1C(CN)N(C)C(C)CCSC. The Morgan fingerprint density at radius 1 is 1.53 bits per heavy atom. The van der Waals surface area contributed by atoms with Crippen molar-refractivity contribution in [2.75, 3.05) is 25.6 Å². The Morgan fingerprint density at radius 2 is 2.26 bits per heavy atom. The summed E-state index contributed by atoms with van der Waals surface area (Å²) >= 11 is 1.90. The highest BCUT2D eigenvalue weighted by Crippen LogP contribution is 2.22. The summed E-state index contributed by atoms with van der Waals surface area (Å²) in [6, 6.07) is 0.789. The van der Waals surface area contributed by atoms with E-state index < -0.39 is 0 Å². The van der Waals surface area contributed by atoms with Crippen LogP contribution in [0, 0.1) is 0 Å². The molecular formula is C14H28N4S. The van der Waals surface area contributed by atoms with Crippen molar-refractivity contribution in [2.45, 2.75) is 45.3 Å². The van der Waals surface area contributed by atoms with Crippen LogP contribution in [0.25, 0.3) is 0 Å². The van der Waals surface area contributed by atoms with E-state index in [-0.39, 0.29) is 6.04 Å². The van der Waals surface area contributed by atoms with Gasteiger partial charge in [0.25, 0.3) is 0 Å². The van der Waals surface area contributed by atoms with E-state index in [9.17, 15) is 0 Å². The fourth-order valence-corrected chi connectivity index (χ4v) is 2.91. The third kappa shape index (κ3) is 4.51. The van der Waals surface area contributed by atoms with E-state index in [1.54, 1.807) is 0 Å². The van der Waals surface area contributed by atoms with E-state index in [1.165, 1.54) is 17.9 Å². The lowest BCUT2D eigenvalue weighted by Gasteiger charge is -2.33. The van der Waals surface area contributed by atoms with Crippen LogP contribution in [0.2, 0.25) is 0 Å². The quantitative estimate of drug-likeness (QED) is 0.756. The van der Waals surface area contributed by atoms with Crippen molar-refractivity contribution < 1.29 is 0 Å².